The number of aromatic nitrogens is 3. The van der Waals surface area contributed by atoms with Gasteiger partial charge < -0.3 is 11.1 Å². The number of hydrogen-bond donors (Lipinski definition) is 2. The van der Waals surface area contributed by atoms with E-state index in [9.17, 15) is 9.59 Å². The lowest BCUT2D eigenvalue weighted by atomic mass is 9.69. The monoisotopic (exact) mass is 343 g/mol. The van der Waals surface area contributed by atoms with Gasteiger partial charge in [0.1, 0.15) is 11.3 Å². The van der Waals surface area contributed by atoms with Crippen molar-refractivity contribution in [3.8, 4) is 0 Å². The van der Waals surface area contributed by atoms with E-state index in [4.69, 9.17) is 5.73 Å². The Kier molecular flexibility index (Phi) is 4.74. The standard InChI is InChI=1S/C18H25N5O2/c1-3-18(4-2)8-5-12(6-9-18)22-17(25)14-7-10-20-16-13(15(19)24)11-21-23(14)16/h7,10-12H,3-6,8-9H2,1-2H3,(H2,19,24)(H,22,25). The fourth-order valence-corrected chi connectivity index (χ4v) is 3.83. The van der Waals surface area contributed by atoms with Crippen molar-refractivity contribution in [1.29, 1.82) is 0 Å². The smallest absolute Gasteiger partial charge is 0.270 e. The van der Waals surface area contributed by atoms with Gasteiger partial charge in [-0.25, -0.2) is 9.50 Å². The number of nitrogens with two attached hydrogens (primary N) is 1. The van der Waals surface area contributed by atoms with Gasteiger partial charge in [0.15, 0.2) is 5.65 Å². The lowest BCUT2D eigenvalue weighted by Gasteiger charge is -2.39. The Morgan fingerprint density at radius 2 is 2.00 bits per heavy atom. The van der Waals surface area contributed by atoms with E-state index in [1.165, 1.54) is 29.8 Å². The average molecular weight is 343 g/mol. The minimum absolute atomic E-state index is 0.174. The molecule has 2 aromatic heterocycles. The molecule has 0 unspecified atom stereocenters. The van der Waals surface area contributed by atoms with Gasteiger partial charge in [-0.05, 0) is 37.2 Å². The predicted molar refractivity (Wildman–Crippen MR) is 94.2 cm³/mol. The number of hydrogen-bond acceptors (Lipinski definition) is 4. The van der Waals surface area contributed by atoms with E-state index in [2.05, 4.69) is 29.2 Å². The van der Waals surface area contributed by atoms with E-state index < -0.39 is 5.91 Å². The van der Waals surface area contributed by atoms with Gasteiger partial charge in [-0.1, -0.05) is 26.7 Å². The first-order valence-corrected chi connectivity index (χ1v) is 8.93. The molecule has 3 N–H and O–H groups in total. The van der Waals surface area contributed by atoms with Crippen LogP contribution in [0.3, 0.4) is 0 Å². The third-order valence-electron chi connectivity index (χ3n) is 5.78. The number of fused-ring (bicyclic) bond motifs is 1. The number of rotatable bonds is 5. The van der Waals surface area contributed by atoms with Crippen LogP contribution in [0.5, 0.6) is 0 Å². The Bertz CT molecular complexity index is 784. The van der Waals surface area contributed by atoms with Crippen molar-refractivity contribution in [3.63, 3.8) is 0 Å². The van der Waals surface area contributed by atoms with E-state index in [0.29, 0.717) is 16.8 Å². The number of nitrogens with zero attached hydrogens (tertiary/aromatic N) is 3. The Hall–Kier alpha value is -2.44. The molecule has 2 aromatic rings. The second-order valence-electron chi connectivity index (χ2n) is 6.94. The van der Waals surface area contributed by atoms with E-state index in [-0.39, 0.29) is 17.5 Å². The molecular weight excluding hydrogens is 318 g/mol. The molecule has 3 rings (SSSR count). The molecule has 1 aliphatic carbocycles. The molecule has 7 nitrogen and oxygen atoms in total. The van der Waals surface area contributed by atoms with Crippen LogP contribution >= 0.6 is 0 Å². The molecule has 2 heterocycles. The summed E-state index contributed by atoms with van der Waals surface area (Å²) < 4.78 is 1.38. The highest BCUT2D eigenvalue weighted by atomic mass is 16.2. The van der Waals surface area contributed by atoms with Gasteiger partial charge in [-0.2, -0.15) is 5.10 Å². The lowest BCUT2D eigenvalue weighted by Crippen LogP contribution is -2.41. The first-order chi connectivity index (χ1) is 12.0. The van der Waals surface area contributed by atoms with Crippen LogP contribution in [0.4, 0.5) is 0 Å². The Labute approximate surface area is 147 Å². The molecule has 25 heavy (non-hydrogen) atoms. The molecule has 1 fully saturated rings. The zero-order chi connectivity index (χ0) is 18.0. The van der Waals surface area contributed by atoms with Crippen LogP contribution in [0, 0.1) is 5.41 Å². The van der Waals surface area contributed by atoms with Crippen molar-refractivity contribution in [2.45, 2.75) is 58.4 Å². The Morgan fingerprint density at radius 1 is 1.32 bits per heavy atom. The molecule has 134 valence electrons. The minimum atomic E-state index is -0.609. The fourth-order valence-electron chi connectivity index (χ4n) is 3.83. The van der Waals surface area contributed by atoms with Gasteiger partial charge in [-0.3, -0.25) is 9.59 Å². The van der Waals surface area contributed by atoms with Crippen molar-refractivity contribution in [2.24, 2.45) is 11.1 Å². The van der Waals surface area contributed by atoms with Crippen molar-refractivity contribution in [3.05, 3.63) is 29.7 Å². The average Bonchev–Trinajstić information content (AvgIpc) is 3.07. The molecule has 0 spiro atoms. The first kappa shape index (κ1) is 17.4. The third kappa shape index (κ3) is 3.23. The zero-order valence-corrected chi connectivity index (χ0v) is 14.8. The quantitative estimate of drug-likeness (QED) is 0.869. The van der Waals surface area contributed by atoms with Crippen molar-refractivity contribution >= 4 is 17.5 Å². The lowest BCUT2D eigenvalue weighted by molar-refractivity contribution is 0.0880. The van der Waals surface area contributed by atoms with E-state index in [1.807, 2.05) is 0 Å². The summed E-state index contributed by atoms with van der Waals surface area (Å²) in [5, 5.41) is 7.20. The molecular formula is C18H25N5O2. The van der Waals surface area contributed by atoms with E-state index in [0.717, 1.165) is 25.7 Å². The second kappa shape index (κ2) is 6.82. The topological polar surface area (TPSA) is 102 Å². The van der Waals surface area contributed by atoms with Crippen LogP contribution < -0.4 is 11.1 Å². The summed E-state index contributed by atoms with van der Waals surface area (Å²) in [6, 6.07) is 1.78. The summed E-state index contributed by atoms with van der Waals surface area (Å²) in [4.78, 5) is 28.2. The first-order valence-electron chi connectivity index (χ1n) is 8.93. The van der Waals surface area contributed by atoms with Gasteiger partial charge in [0.05, 0.1) is 6.20 Å². The summed E-state index contributed by atoms with van der Waals surface area (Å²) in [5.41, 5.74) is 6.63. The molecule has 0 atom stereocenters. The maximum atomic E-state index is 12.7. The van der Waals surface area contributed by atoms with E-state index >= 15 is 0 Å². The number of primary amides is 1. The van der Waals surface area contributed by atoms with Gasteiger partial charge in [0.25, 0.3) is 11.8 Å². The highest BCUT2D eigenvalue weighted by Crippen LogP contribution is 2.41. The summed E-state index contributed by atoms with van der Waals surface area (Å²) >= 11 is 0. The molecule has 1 aliphatic rings. The van der Waals surface area contributed by atoms with Crippen LogP contribution in [0.25, 0.3) is 5.65 Å². The summed E-state index contributed by atoms with van der Waals surface area (Å²) in [6.07, 6.45) is 9.50. The largest absolute Gasteiger partial charge is 0.365 e. The minimum Gasteiger partial charge on any atom is -0.365 e. The fraction of sp³-hybridized carbons (Fsp3) is 0.556. The number of nitrogens with one attached hydrogen (secondary N) is 1. The van der Waals surface area contributed by atoms with Gasteiger partial charge >= 0.3 is 0 Å². The predicted octanol–water partition coefficient (Wildman–Crippen LogP) is 2.31. The summed E-state index contributed by atoms with van der Waals surface area (Å²) in [7, 11) is 0. The molecule has 0 aromatic carbocycles. The van der Waals surface area contributed by atoms with Gasteiger partial charge in [0, 0.05) is 12.2 Å². The van der Waals surface area contributed by atoms with Gasteiger partial charge in [-0.15, -0.1) is 0 Å². The second-order valence-corrected chi connectivity index (χ2v) is 6.94. The molecule has 2 amide bonds. The number of carbonyl (C=O) groups excluding carboxylic acids is 2. The molecule has 0 bridgehead atoms. The van der Waals surface area contributed by atoms with E-state index in [1.54, 1.807) is 6.07 Å². The van der Waals surface area contributed by atoms with Gasteiger partial charge in [0.2, 0.25) is 0 Å². The molecule has 7 heteroatoms. The van der Waals surface area contributed by atoms with Crippen LogP contribution in [-0.4, -0.2) is 32.5 Å². The highest BCUT2D eigenvalue weighted by Gasteiger charge is 2.33. The van der Waals surface area contributed by atoms with Crippen LogP contribution in [-0.2, 0) is 0 Å². The maximum absolute atomic E-state index is 12.7. The highest BCUT2D eigenvalue weighted by molar-refractivity contribution is 5.99. The SMILES string of the molecule is CCC1(CC)CCC(NC(=O)c2ccnc3c(C(N)=O)cnn23)CC1. The van der Waals surface area contributed by atoms with Crippen LogP contribution in [0.1, 0.15) is 73.2 Å². The molecule has 0 saturated heterocycles. The Balaban J connectivity index is 1.75. The molecule has 1 saturated carbocycles. The summed E-state index contributed by atoms with van der Waals surface area (Å²) in [6.45, 7) is 4.51. The van der Waals surface area contributed by atoms with Crippen LogP contribution in [0.15, 0.2) is 18.5 Å². The van der Waals surface area contributed by atoms with Crippen molar-refractivity contribution < 1.29 is 9.59 Å². The number of amides is 2. The third-order valence-corrected chi connectivity index (χ3v) is 5.78. The number of carbonyl (C=O) groups is 2. The van der Waals surface area contributed by atoms with Crippen LogP contribution in [0.2, 0.25) is 0 Å². The maximum Gasteiger partial charge on any atom is 0.270 e. The molecule has 0 aliphatic heterocycles. The summed E-state index contributed by atoms with van der Waals surface area (Å²) in [5.74, 6) is -0.806. The molecule has 0 radical (unpaired) electrons. The van der Waals surface area contributed by atoms with Crippen molar-refractivity contribution in [1.82, 2.24) is 19.9 Å². The van der Waals surface area contributed by atoms with Crippen molar-refractivity contribution in [2.75, 3.05) is 0 Å². The zero-order valence-electron chi connectivity index (χ0n) is 14.8. The Morgan fingerprint density at radius 3 is 2.60 bits per heavy atom. The normalized spacial score (nSPS) is 17.5.